The predicted octanol–water partition coefficient (Wildman–Crippen LogP) is 1.17. The molecule has 0 aliphatic heterocycles. The number of nitrogens with two attached hydrogens (primary N) is 1. The van der Waals surface area contributed by atoms with Crippen LogP contribution >= 0.6 is 0 Å². The Labute approximate surface area is 97.0 Å². The van der Waals surface area contributed by atoms with Crippen LogP contribution in [0.15, 0.2) is 41.8 Å². The van der Waals surface area contributed by atoms with Gasteiger partial charge in [-0.25, -0.2) is 4.39 Å². The summed E-state index contributed by atoms with van der Waals surface area (Å²) in [5.41, 5.74) is 6.20. The van der Waals surface area contributed by atoms with Crippen molar-refractivity contribution in [1.82, 2.24) is 9.78 Å². The summed E-state index contributed by atoms with van der Waals surface area (Å²) in [4.78, 5) is 0. The Bertz CT molecular complexity index is 536. The average molecular weight is 234 g/mol. The van der Waals surface area contributed by atoms with Gasteiger partial charge in [0, 0.05) is 23.5 Å². The van der Waals surface area contributed by atoms with E-state index in [2.05, 4.69) is 10.3 Å². The second kappa shape index (κ2) is 4.65. The molecule has 5 nitrogen and oxygen atoms in total. The van der Waals surface area contributed by atoms with E-state index in [1.807, 2.05) is 0 Å². The monoisotopic (exact) mass is 234 g/mol. The molecule has 17 heavy (non-hydrogen) atoms. The summed E-state index contributed by atoms with van der Waals surface area (Å²) in [6.45, 7) is 0.343. The maximum Gasteiger partial charge on any atom is 0.170 e. The molecule has 0 atom stereocenters. The maximum absolute atomic E-state index is 13.7. The van der Waals surface area contributed by atoms with Gasteiger partial charge in [-0.2, -0.15) is 5.10 Å². The summed E-state index contributed by atoms with van der Waals surface area (Å²) in [5, 5.41) is 15.3. The van der Waals surface area contributed by atoms with Gasteiger partial charge in [0.05, 0.1) is 6.54 Å². The van der Waals surface area contributed by atoms with Crippen molar-refractivity contribution in [1.29, 1.82) is 0 Å². The fourth-order valence-corrected chi connectivity index (χ4v) is 1.46. The Morgan fingerprint density at radius 1 is 1.53 bits per heavy atom. The first-order valence-electron chi connectivity index (χ1n) is 4.94. The number of halogens is 1. The molecule has 2 aromatic rings. The molecule has 0 saturated heterocycles. The van der Waals surface area contributed by atoms with Crippen molar-refractivity contribution in [2.24, 2.45) is 10.9 Å². The van der Waals surface area contributed by atoms with Gasteiger partial charge < -0.3 is 10.9 Å². The fourth-order valence-electron chi connectivity index (χ4n) is 1.46. The third-order valence-corrected chi connectivity index (χ3v) is 2.35. The Morgan fingerprint density at radius 2 is 2.35 bits per heavy atom. The molecule has 0 saturated carbocycles. The van der Waals surface area contributed by atoms with E-state index in [9.17, 15) is 4.39 Å². The number of benzene rings is 1. The van der Waals surface area contributed by atoms with Gasteiger partial charge in [0.25, 0.3) is 0 Å². The lowest BCUT2D eigenvalue weighted by atomic mass is 10.1. The van der Waals surface area contributed by atoms with Crippen LogP contribution in [0.4, 0.5) is 4.39 Å². The van der Waals surface area contributed by atoms with Crippen LogP contribution in [0.1, 0.15) is 11.1 Å². The first-order valence-corrected chi connectivity index (χ1v) is 4.94. The van der Waals surface area contributed by atoms with Gasteiger partial charge in [0.15, 0.2) is 5.84 Å². The molecule has 6 heteroatoms. The molecular weight excluding hydrogens is 223 g/mol. The average Bonchev–Trinajstić information content (AvgIpc) is 2.83. The lowest BCUT2D eigenvalue weighted by molar-refractivity contribution is 0.318. The molecule has 0 spiro atoms. The highest BCUT2D eigenvalue weighted by Gasteiger charge is 2.07. The summed E-state index contributed by atoms with van der Waals surface area (Å²) in [5.74, 6) is -0.529. The van der Waals surface area contributed by atoms with Crippen LogP contribution in [-0.2, 0) is 6.54 Å². The number of rotatable bonds is 3. The third kappa shape index (κ3) is 2.41. The van der Waals surface area contributed by atoms with Gasteiger partial charge in [0.2, 0.25) is 0 Å². The summed E-state index contributed by atoms with van der Waals surface area (Å²) >= 11 is 0. The van der Waals surface area contributed by atoms with Crippen molar-refractivity contribution >= 4 is 5.84 Å². The molecule has 1 aromatic heterocycles. The molecule has 88 valence electrons. The first kappa shape index (κ1) is 11.1. The minimum atomic E-state index is -0.412. The molecule has 0 radical (unpaired) electrons. The number of hydrogen-bond donors (Lipinski definition) is 2. The Kier molecular flexibility index (Phi) is 3.04. The Balaban J connectivity index is 2.26. The second-order valence-electron chi connectivity index (χ2n) is 3.50. The number of oxime groups is 1. The van der Waals surface area contributed by atoms with E-state index in [0.717, 1.165) is 0 Å². The zero-order valence-electron chi connectivity index (χ0n) is 8.92. The standard InChI is InChI=1S/C11H11FN4O/c12-10-6-8(11(13)15-17)2-3-9(10)7-16-5-1-4-14-16/h1-6,17H,7H2,(H2,13,15). The quantitative estimate of drug-likeness (QED) is 0.362. The van der Waals surface area contributed by atoms with E-state index in [1.165, 1.54) is 6.07 Å². The van der Waals surface area contributed by atoms with Crippen molar-refractivity contribution < 1.29 is 9.60 Å². The Morgan fingerprint density at radius 3 is 2.94 bits per heavy atom. The normalized spacial score (nSPS) is 11.7. The molecule has 0 amide bonds. The van der Waals surface area contributed by atoms with E-state index in [1.54, 1.807) is 35.3 Å². The molecule has 1 aromatic carbocycles. The van der Waals surface area contributed by atoms with E-state index < -0.39 is 5.82 Å². The van der Waals surface area contributed by atoms with Gasteiger partial charge in [0.1, 0.15) is 5.82 Å². The third-order valence-electron chi connectivity index (χ3n) is 2.35. The first-order chi connectivity index (χ1) is 8.20. The van der Waals surface area contributed by atoms with E-state index in [-0.39, 0.29) is 5.84 Å². The number of aromatic nitrogens is 2. The Hall–Kier alpha value is -2.37. The molecule has 2 rings (SSSR count). The largest absolute Gasteiger partial charge is 0.409 e. The predicted molar refractivity (Wildman–Crippen MR) is 60.2 cm³/mol. The zero-order valence-corrected chi connectivity index (χ0v) is 8.92. The molecule has 3 N–H and O–H groups in total. The SMILES string of the molecule is N/C(=N\O)c1ccc(Cn2cccn2)c(F)c1. The smallest absolute Gasteiger partial charge is 0.170 e. The maximum atomic E-state index is 13.7. The lowest BCUT2D eigenvalue weighted by Gasteiger charge is -2.05. The van der Waals surface area contributed by atoms with Crippen molar-refractivity contribution in [2.75, 3.05) is 0 Å². The highest BCUT2D eigenvalue weighted by molar-refractivity contribution is 5.97. The summed E-state index contributed by atoms with van der Waals surface area (Å²) in [7, 11) is 0. The van der Waals surface area contributed by atoms with Crippen LogP contribution in [0.2, 0.25) is 0 Å². The lowest BCUT2D eigenvalue weighted by Crippen LogP contribution is -2.14. The molecular formula is C11H11FN4O. The molecule has 0 unspecified atom stereocenters. The van der Waals surface area contributed by atoms with Crippen molar-refractivity contribution in [3.8, 4) is 0 Å². The minimum Gasteiger partial charge on any atom is -0.409 e. The van der Waals surface area contributed by atoms with E-state index in [0.29, 0.717) is 17.7 Å². The van der Waals surface area contributed by atoms with Gasteiger partial charge in [-0.1, -0.05) is 17.3 Å². The summed E-state index contributed by atoms with van der Waals surface area (Å²) in [6, 6.07) is 6.18. The highest BCUT2D eigenvalue weighted by atomic mass is 19.1. The van der Waals surface area contributed by atoms with E-state index in [4.69, 9.17) is 10.9 Å². The number of hydrogen-bond acceptors (Lipinski definition) is 3. The molecule has 1 heterocycles. The van der Waals surface area contributed by atoms with Crippen molar-refractivity contribution in [3.05, 3.63) is 53.6 Å². The van der Waals surface area contributed by atoms with Crippen LogP contribution in [0.3, 0.4) is 0 Å². The van der Waals surface area contributed by atoms with Crippen molar-refractivity contribution in [3.63, 3.8) is 0 Å². The number of amidine groups is 1. The molecule has 0 fully saturated rings. The number of nitrogens with zero attached hydrogens (tertiary/aromatic N) is 3. The van der Waals surface area contributed by atoms with Crippen LogP contribution in [0, 0.1) is 5.82 Å². The van der Waals surface area contributed by atoms with Crippen LogP contribution in [0.25, 0.3) is 0 Å². The highest BCUT2D eigenvalue weighted by Crippen LogP contribution is 2.11. The van der Waals surface area contributed by atoms with Crippen LogP contribution in [0.5, 0.6) is 0 Å². The topological polar surface area (TPSA) is 76.4 Å². The summed E-state index contributed by atoms with van der Waals surface area (Å²) in [6.07, 6.45) is 3.37. The van der Waals surface area contributed by atoms with Gasteiger partial charge in [-0.3, -0.25) is 4.68 Å². The minimum absolute atomic E-state index is 0.116. The fraction of sp³-hybridized carbons (Fsp3) is 0.0909. The van der Waals surface area contributed by atoms with Gasteiger partial charge in [-0.15, -0.1) is 0 Å². The van der Waals surface area contributed by atoms with Crippen molar-refractivity contribution in [2.45, 2.75) is 6.54 Å². The van der Waals surface area contributed by atoms with Gasteiger partial charge in [-0.05, 0) is 12.1 Å². The summed E-state index contributed by atoms with van der Waals surface area (Å²) < 4.78 is 15.3. The van der Waals surface area contributed by atoms with E-state index >= 15 is 0 Å². The van der Waals surface area contributed by atoms with Gasteiger partial charge >= 0.3 is 0 Å². The zero-order chi connectivity index (χ0) is 12.3. The van der Waals surface area contributed by atoms with Crippen LogP contribution < -0.4 is 5.73 Å². The molecule has 0 bridgehead atoms. The molecule has 0 aliphatic carbocycles. The second-order valence-corrected chi connectivity index (χ2v) is 3.50. The van der Waals surface area contributed by atoms with Crippen LogP contribution in [-0.4, -0.2) is 20.8 Å². The molecule has 0 aliphatic rings.